The summed E-state index contributed by atoms with van der Waals surface area (Å²) in [7, 11) is 0. The fraction of sp³-hybridized carbons (Fsp3) is 0. The molecule has 0 radical (unpaired) electrons. The molecule has 4 aromatic heterocycles. The van der Waals surface area contributed by atoms with Crippen LogP contribution in [0.4, 0.5) is 13.2 Å². The summed E-state index contributed by atoms with van der Waals surface area (Å²) in [6, 6.07) is 40.7. The maximum atomic E-state index is 15.3. The van der Waals surface area contributed by atoms with E-state index in [1.54, 1.807) is 24.3 Å². The first-order valence-corrected chi connectivity index (χ1v) is 15.7. The molecule has 0 spiro atoms. The summed E-state index contributed by atoms with van der Waals surface area (Å²) in [6.07, 6.45) is 0. The Morgan fingerprint density at radius 3 is 0.878 bits per heavy atom. The smallest absolute Gasteiger partial charge is 0.124 e. The molecule has 0 aliphatic carbocycles. The van der Waals surface area contributed by atoms with Gasteiger partial charge in [-0.1, -0.05) is 48.5 Å². The van der Waals surface area contributed by atoms with Gasteiger partial charge in [-0.15, -0.1) is 0 Å². The predicted molar refractivity (Wildman–Crippen MR) is 189 cm³/mol. The van der Waals surface area contributed by atoms with E-state index in [1.165, 1.54) is 36.4 Å². The van der Waals surface area contributed by atoms with Gasteiger partial charge in [-0.05, 0) is 91.0 Å². The third-order valence-electron chi connectivity index (χ3n) is 8.81. The highest BCUT2D eigenvalue weighted by molar-refractivity contribution is 6.05. The average Bonchev–Trinajstić information content (AvgIpc) is 3.14. The lowest BCUT2D eigenvalue weighted by atomic mass is 10.0. The molecule has 0 unspecified atom stereocenters. The van der Waals surface area contributed by atoms with Crippen molar-refractivity contribution in [1.29, 1.82) is 0 Å². The van der Waals surface area contributed by atoms with E-state index >= 15 is 4.39 Å². The summed E-state index contributed by atoms with van der Waals surface area (Å²) >= 11 is 0. The number of pyridine rings is 4. The second kappa shape index (κ2) is 11.3. The average molecular weight is 641 g/mol. The largest absolute Gasteiger partial charge is 0.245 e. The monoisotopic (exact) mass is 640 g/mol. The second-order valence-electron chi connectivity index (χ2n) is 11.9. The Morgan fingerprint density at radius 2 is 0.551 bits per heavy atom. The van der Waals surface area contributed by atoms with Crippen LogP contribution < -0.4 is 0 Å². The van der Waals surface area contributed by atoms with Gasteiger partial charge in [-0.25, -0.2) is 33.1 Å². The van der Waals surface area contributed by atoms with Gasteiger partial charge in [-0.3, -0.25) is 0 Å². The maximum absolute atomic E-state index is 15.3. The number of benzene rings is 5. The lowest BCUT2D eigenvalue weighted by molar-refractivity contribution is 0.627. The summed E-state index contributed by atoms with van der Waals surface area (Å²) in [5.41, 5.74) is 8.14. The van der Waals surface area contributed by atoms with Crippen LogP contribution in [0.25, 0.3) is 88.6 Å². The number of aromatic nitrogens is 4. The van der Waals surface area contributed by atoms with E-state index < -0.39 is 5.82 Å². The van der Waals surface area contributed by atoms with Crippen LogP contribution in [0.1, 0.15) is 0 Å². The zero-order valence-corrected chi connectivity index (χ0v) is 25.7. The van der Waals surface area contributed by atoms with Crippen LogP contribution in [0.2, 0.25) is 0 Å². The summed E-state index contributed by atoms with van der Waals surface area (Å²) in [5.74, 6) is -1.04. The van der Waals surface area contributed by atoms with Crippen molar-refractivity contribution in [2.24, 2.45) is 0 Å². The topological polar surface area (TPSA) is 51.6 Å². The van der Waals surface area contributed by atoms with Gasteiger partial charge < -0.3 is 0 Å². The Hall–Kier alpha value is -6.47. The molecule has 0 amide bonds. The van der Waals surface area contributed by atoms with E-state index in [0.717, 1.165) is 32.7 Å². The molecule has 0 atom stereocenters. The van der Waals surface area contributed by atoms with Crippen LogP contribution >= 0.6 is 0 Å². The molecule has 9 aromatic rings. The van der Waals surface area contributed by atoms with E-state index in [1.807, 2.05) is 78.9 Å². The maximum Gasteiger partial charge on any atom is 0.124 e. The molecule has 9 rings (SSSR count). The highest BCUT2D eigenvalue weighted by Gasteiger charge is 2.13. The molecule has 0 saturated heterocycles. The first-order chi connectivity index (χ1) is 23.9. The number of fused-ring (bicyclic) bond motifs is 6. The highest BCUT2D eigenvalue weighted by atomic mass is 19.1. The van der Waals surface area contributed by atoms with Crippen LogP contribution in [0.3, 0.4) is 0 Å². The summed E-state index contributed by atoms with van der Waals surface area (Å²) in [5, 5.41) is 3.61. The molecule has 0 N–H and O–H groups in total. The van der Waals surface area contributed by atoms with Gasteiger partial charge in [0.25, 0.3) is 0 Å². The molecular formula is C42H23F3N4. The Kier molecular flexibility index (Phi) is 6.65. The molecule has 0 aliphatic rings. The van der Waals surface area contributed by atoms with Gasteiger partial charge in [0.15, 0.2) is 0 Å². The van der Waals surface area contributed by atoms with Crippen LogP contribution in [0, 0.1) is 17.5 Å². The summed E-state index contributed by atoms with van der Waals surface area (Å²) < 4.78 is 42.5. The zero-order valence-electron chi connectivity index (χ0n) is 25.7. The number of halogens is 3. The van der Waals surface area contributed by atoms with Crippen LogP contribution in [0.15, 0.2) is 140 Å². The van der Waals surface area contributed by atoms with Crippen molar-refractivity contribution >= 4 is 43.6 Å². The zero-order chi connectivity index (χ0) is 33.1. The number of hydrogen-bond acceptors (Lipinski definition) is 4. The highest BCUT2D eigenvalue weighted by Crippen LogP contribution is 2.33. The third kappa shape index (κ3) is 5.22. The molecule has 0 aliphatic heterocycles. The Labute approximate surface area is 278 Å². The minimum absolute atomic E-state index is 0.310. The molecule has 0 fully saturated rings. The van der Waals surface area contributed by atoms with Crippen LogP contribution in [0.5, 0.6) is 0 Å². The summed E-state index contributed by atoms with van der Waals surface area (Å²) in [6.45, 7) is 0. The first-order valence-electron chi connectivity index (χ1n) is 15.7. The fourth-order valence-electron chi connectivity index (χ4n) is 6.31. The van der Waals surface area contributed by atoms with E-state index in [9.17, 15) is 8.78 Å². The normalized spacial score (nSPS) is 11.6. The van der Waals surface area contributed by atoms with Gasteiger partial charge in [0.1, 0.15) is 17.5 Å². The van der Waals surface area contributed by atoms with Crippen molar-refractivity contribution < 1.29 is 13.2 Å². The van der Waals surface area contributed by atoms with Crippen molar-refractivity contribution in [3.05, 3.63) is 157 Å². The van der Waals surface area contributed by atoms with Gasteiger partial charge >= 0.3 is 0 Å². The first kappa shape index (κ1) is 28.7. The molecule has 0 saturated carbocycles. The van der Waals surface area contributed by atoms with Crippen molar-refractivity contribution in [2.75, 3.05) is 0 Å². The minimum Gasteiger partial charge on any atom is -0.245 e. The van der Waals surface area contributed by atoms with E-state index in [4.69, 9.17) is 19.9 Å². The van der Waals surface area contributed by atoms with Gasteiger partial charge in [0.05, 0.1) is 44.8 Å². The standard InChI is InChI=1S/C42H23F3N4/c43-32-13-5-24(6-14-32)35-17-9-26-1-3-28-11-19-37(48-41(28)39(26)46-35)30-21-31(23-34(45)22-30)38-20-12-29-4-2-27-10-18-36(47-40(27)42(29)49-38)25-7-15-33(44)16-8-25/h1-23H. The molecule has 4 nitrogen and oxygen atoms in total. The van der Waals surface area contributed by atoms with E-state index in [-0.39, 0.29) is 11.6 Å². The van der Waals surface area contributed by atoms with Crippen molar-refractivity contribution in [3.8, 4) is 45.0 Å². The van der Waals surface area contributed by atoms with Gasteiger partial charge in [0.2, 0.25) is 0 Å². The van der Waals surface area contributed by atoms with Crippen molar-refractivity contribution in [1.82, 2.24) is 19.9 Å². The lowest BCUT2D eigenvalue weighted by Gasteiger charge is -2.11. The Morgan fingerprint density at radius 1 is 0.265 bits per heavy atom. The van der Waals surface area contributed by atoms with E-state index in [0.29, 0.717) is 56.0 Å². The van der Waals surface area contributed by atoms with Gasteiger partial charge in [-0.2, -0.15) is 0 Å². The SMILES string of the molecule is Fc1ccc(-c2ccc3ccc4ccc(-c5cc(F)cc(-c6ccc7ccc8ccc(-c9ccc(F)cc9)nc8c7n6)c5)nc4c3n2)cc1. The number of nitrogens with zero attached hydrogens (tertiary/aromatic N) is 4. The van der Waals surface area contributed by atoms with Crippen LogP contribution in [-0.2, 0) is 0 Å². The molecule has 232 valence electrons. The second-order valence-corrected chi connectivity index (χ2v) is 11.9. The van der Waals surface area contributed by atoms with E-state index in [2.05, 4.69) is 0 Å². The molecule has 5 aromatic carbocycles. The fourth-order valence-corrected chi connectivity index (χ4v) is 6.31. The molecule has 7 heteroatoms. The summed E-state index contributed by atoms with van der Waals surface area (Å²) in [4.78, 5) is 19.8. The quantitative estimate of drug-likeness (QED) is 0.180. The Bertz CT molecular complexity index is 2560. The number of hydrogen-bond donors (Lipinski definition) is 0. The predicted octanol–water partition coefficient (Wildman–Crippen LogP) is 11.0. The molecule has 49 heavy (non-hydrogen) atoms. The van der Waals surface area contributed by atoms with Crippen molar-refractivity contribution in [3.63, 3.8) is 0 Å². The van der Waals surface area contributed by atoms with Crippen molar-refractivity contribution in [2.45, 2.75) is 0 Å². The van der Waals surface area contributed by atoms with Crippen LogP contribution in [-0.4, -0.2) is 19.9 Å². The number of rotatable bonds is 4. The molecular weight excluding hydrogens is 617 g/mol. The minimum atomic E-state index is -0.416. The molecule has 0 bridgehead atoms. The lowest BCUT2D eigenvalue weighted by Crippen LogP contribution is -1.93. The van der Waals surface area contributed by atoms with Gasteiger partial charge in [0, 0.05) is 43.8 Å². The molecule has 4 heterocycles. The third-order valence-corrected chi connectivity index (χ3v) is 8.81. The Balaban J connectivity index is 1.15.